The van der Waals surface area contributed by atoms with Crippen LogP contribution in [0.2, 0.25) is 0 Å². The predicted molar refractivity (Wildman–Crippen MR) is 114 cm³/mol. The first-order valence-corrected chi connectivity index (χ1v) is 9.52. The van der Waals surface area contributed by atoms with Crippen LogP contribution in [-0.2, 0) is 13.0 Å². The minimum absolute atomic E-state index is 1.02. The second-order valence-electron chi connectivity index (χ2n) is 7.56. The van der Waals surface area contributed by atoms with Crippen molar-refractivity contribution in [2.45, 2.75) is 19.9 Å². The van der Waals surface area contributed by atoms with Gasteiger partial charge in [0, 0.05) is 54.6 Å². The van der Waals surface area contributed by atoms with Gasteiger partial charge in [-0.2, -0.15) is 0 Å². The quantitative estimate of drug-likeness (QED) is 0.499. The summed E-state index contributed by atoms with van der Waals surface area (Å²) in [5, 5.41) is 3.81. The number of fused-ring (bicyclic) bond motifs is 4. The fraction of sp³-hybridized carbons (Fsp3) is 0.208. The normalized spacial score (nSPS) is 15.0. The van der Waals surface area contributed by atoms with E-state index >= 15 is 0 Å². The Kier molecular flexibility index (Phi) is 3.83. The number of hydrogen-bond donors (Lipinski definition) is 0. The fourth-order valence-electron chi connectivity index (χ4n) is 4.26. The first kappa shape index (κ1) is 16.3. The highest BCUT2D eigenvalue weighted by Crippen LogP contribution is 2.32. The highest BCUT2D eigenvalue weighted by Gasteiger charge is 2.21. The third-order valence-corrected chi connectivity index (χ3v) is 5.65. The molecule has 0 saturated heterocycles. The number of aromatic nitrogens is 2. The van der Waals surface area contributed by atoms with Gasteiger partial charge >= 0.3 is 0 Å². The van der Waals surface area contributed by atoms with Crippen LogP contribution < -0.4 is 0 Å². The molecule has 4 aromatic rings. The van der Waals surface area contributed by atoms with Crippen LogP contribution in [0.25, 0.3) is 34.0 Å². The molecule has 1 aliphatic heterocycles. The number of nitrogens with zero attached hydrogens (tertiary/aromatic N) is 3. The molecule has 0 aliphatic carbocycles. The molecular formula is C24H23N3. The molecule has 0 amide bonds. The second-order valence-corrected chi connectivity index (χ2v) is 7.56. The average Bonchev–Trinajstić information content (AvgIpc) is 2.98. The molecule has 1 aliphatic rings. The van der Waals surface area contributed by atoms with Gasteiger partial charge in [0.2, 0.25) is 0 Å². The summed E-state index contributed by atoms with van der Waals surface area (Å²) < 4.78 is 2.40. The van der Waals surface area contributed by atoms with Gasteiger partial charge in [-0.25, -0.2) is 0 Å². The van der Waals surface area contributed by atoms with E-state index in [-0.39, 0.29) is 0 Å². The third-order valence-electron chi connectivity index (χ3n) is 5.65. The van der Waals surface area contributed by atoms with Crippen molar-refractivity contribution in [2.24, 2.45) is 0 Å². The molecule has 0 bridgehead atoms. The fourth-order valence-corrected chi connectivity index (χ4v) is 4.26. The molecular weight excluding hydrogens is 330 g/mol. The molecule has 0 unspecified atom stereocenters. The van der Waals surface area contributed by atoms with Gasteiger partial charge in [-0.3, -0.25) is 4.98 Å². The second kappa shape index (κ2) is 6.36. The van der Waals surface area contributed by atoms with Crippen molar-refractivity contribution in [3.63, 3.8) is 0 Å². The van der Waals surface area contributed by atoms with Crippen LogP contribution >= 0.6 is 0 Å². The first-order valence-electron chi connectivity index (χ1n) is 9.52. The number of pyridine rings is 1. The number of likely N-dealkylation sites (N-methyl/N-ethyl adjacent to an activating group) is 1. The van der Waals surface area contributed by atoms with Gasteiger partial charge in [0.05, 0.1) is 5.52 Å². The maximum Gasteiger partial charge on any atom is 0.0528 e. The van der Waals surface area contributed by atoms with Crippen molar-refractivity contribution in [1.29, 1.82) is 0 Å². The molecule has 27 heavy (non-hydrogen) atoms. The number of benzene rings is 2. The van der Waals surface area contributed by atoms with Gasteiger partial charge in [-0.05, 0) is 54.8 Å². The predicted octanol–water partition coefficient (Wildman–Crippen LogP) is 5.11. The third kappa shape index (κ3) is 2.75. The Hall–Kier alpha value is -2.91. The summed E-state index contributed by atoms with van der Waals surface area (Å²) in [7, 11) is 2.21. The lowest BCUT2D eigenvalue weighted by Gasteiger charge is -2.23. The van der Waals surface area contributed by atoms with E-state index in [9.17, 15) is 0 Å². The summed E-state index contributed by atoms with van der Waals surface area (Å²) >= 11 is 0. The lowest BCUT2D eigenvalue weighted by molar-refractivity contribution is 0.312. The van der Waals surface area contributed by atoms with E-state index < -0.39 is 0 Å². The van der Waals surface area contributed by atoms with Gasteiger partial charge in [0.25, 0.3) is 0 Å². The summed E-state index contributed by atoms with van der Waals surface area (Å²) in [5.41, 5.74) is 6.78. The summed E-state index contributed by atoms with van der Waals surface area (Å²) in [5.74, 6) is 0. The van der Waals surface area contributed by atoms with Gasteiger partial charge in [-0.1, -0.05) is 29.8 Å². The lowest BCUT2D eigenvalue weighted by atomic mass is 10.0. The van der Waals surface area contributed by atoms with E-state index in [2.05, 4.69) is 83.2 Å². The topological polar surface area (TPSA) is 21.1 Å². The Morgan fingerprint density at radius 2 is 2.00 bits per heavy atom. The highest BCUT2D eigenvalue weighted by atomic mass is 15.1. The van der Waals surface area contributed by atoms with Crippen molar-refractivity contribution in [3.8, 4) is 0 Å². The van der Waals surface area contributed by atoms with E-state index in [1.165, 1.54) is 44.1 Å². The molecule has 2 aromatic heterocycles. The first-order chi connectivity index (χ1) is 13.2. The maximum atomic E-state index is 4.24. The summed E-state index contributed by atoms with van der Waals surface area (Å²) in [6.45, 7) is 4.31. The Labute approximate surface area is 159 Å². The maximum absolute atomic E-state index is 4.24. The minimum atomic E-state index is 1.02. The summed E-state index contributed by atoms with van der Waals surface area (Å²) in [6.07, 6.45) is 9.37. The van der Waals surface area contributed by atoms with Crippen LogP contribution in [0.1, 0.15) is 22.4 Å². The van der Waals surface area contributed by atoms with Crippen LogP contribution in [0, 0.1) is 6.92 Å². The monoisotopic (exact) mass is 353 g/mol. The molecule has 3 nitrogen and oxygen atoms in total. The van der Waals surface area contributed by atoms with Crippen molar-refractivity contribution < 1.29 is 0 Å². The number of hydrogen-bond acceptors (Lipinski definition) is 2. The molecule has 134 valence electrons. The summed E-state index contributed by atoms with van der Waals surface area (Å²) in [6, 6.07) is 15.3. The van der Waals surface area contributed by atoms with Gasteiger partial charge in [-0.15, -0.1) is 0 Å². The SMILES string of the molecule is Cc1ccc2c(c1)c1c(n2/C=C/c2cccc3cnccc23)CCN(C)C1. The molecule has 0 fully saturated rings. The van der Waals surface area contributed by atoms with Crippen molar-refractivity contribution in [2.75, 3.05) is 13.6 Å². The lowest BCUT2D eigenvalue weighted by Crippen LogP contribution is -2.26. The van der Waals surface area contributed by atoms with Gasteiger partial charge in [0.15, 0.2) is 0 Å². The van der Waals surface area contributed by atoms with Crippen LogP contribution in [0.5, 0.6) is 0 Å². The highest BCUT2D eigenvalue weighted by molar-refractivity contribution is 5.93. The van der Waals surface area contributed by atoms with E-state index in [0.717, 1.165) is 19.5 Å². The van der Waals surface area contributed by atoms with E-state index in [1.54, 1.807) is 0 Å². The molecule has 0 spiro atoms. The summed E-state index contributed by atoms with van der Waals surface area (Å²) in [4.78, 5) is 6.66. The van der Waals surface area contributed by atoms with Gasteiger partial charge in [0.1, 0.15) is 0 Å². The van der Waals surface area contributed by atoms with E-state index in [0.29, 0.717) is 0 Å². The van der Waals surface area contributed by atoms with E-state index in [1.807, 2.05) is 12.4 Å². The largest absolute Gasteiger partial charge is 0.320 e. The molecule has 3 heterocycles. The smallest absolute Gasteiger partial charge is 0.0528 e. The Morgan fingerprint density at radius 1 is 1.07 bits per heavy atom. The van der Waals surface area contributed by atoms with Crippen LogP contribution in [0.4, 0.5) is 0 Å². The molecule has 0 atom stereocenters. The Bertz CT molecular complexity index is 1180. The molecule has 0 saturated carbocycles. The minimum Gasteiger partial charge on any atom is -0.320 e. The van der Waals surface area contributed by atoms with Crippen LogP contribution in [0.15, 0.2) is 54.9 Å². The molecule has 0 radical (unpaired) electrons. The zero-order valence-corrected chi connectivity index (χ0v) is 15.8. The van der Waals surface area contributed by atoms with Crippen molar-refractivity contribution in [3.05, 3.63) is 77.2 Å². The standard InChI is InChI=1S/C24H23N3/c1-17-6-7-23-21(14-17)22-16-26(2)12-10-24(22)27(23)13-9-18-4-3-5-19-15-25-11-8-20(18)19/h3-9,11,13-15H,10,12,16H2,1-2H3/b13-9+. The zero-order chi connectivity index (χ0) is 18.4. The van der Waals surface area contributed by atoms with Gasteiger partial charge < -0.3 is 9.47 Å². The molecule has 0 N–H and O–H groups in total. The average molecular weight is 353 g/mol. The van der Waals surface area contributed by atoms with Crippen LogP contribution in [0.3, 0.4) is 0 Å². The van der Waals surface area contributed by atoms with E-state index in [4.69, 9.17) is 0 Å². The molecule has 3 heteroatoms. The van der Waals surface area contributed by atoms with Crippen molar-refractivity contribution in [1.82, 2.24) is 14.5 Å². The van der Waals surface area contributed by atoms with Crippen LogP contribution in [-0.4, -0.2) is 28.0 Å². The molecule has 2 aromatic carbocycles. The Morgan fingerprint density at radius 3 is 2.93 bits per heavy atom. The van der Waals surface area contributed by atoms with Crippen molar-refractivity contribution >= 4 is 34.0 Å². The molecule has 5 rings (SSSR count). The number of aryl methyl sites for hydroxylation is 1. The number of rotatable bonds is 2. The Balaban J connectivity index is 1.68. The zero-order valence-electron chi connectivity index (χ0n) is 15.8.